The Bertz CT molecular complexity index is 1180. The molecular formula is C32H58N8O9. The number of aliphatic carboxylic acids is 1. The third-order valence-corrected chi connectivity index (χ3v) is 8.00. The monoisotopic (exact) mass is 698 g/mol. The molecule has 0 bridgehead atoms. The molecule has 0 saturated heterocycles. The van der Waals surface area contributed by atoms with E-state index >= 15 is 0 Å². The summed E-state index contributed by atoms with van der Waals surface area (Å²) in [6.07, 6.45) is -0.501. The second kappa shape index (κ2) is 21.6. The lowest BCUT2D eigenvalue weighted by Gasteiger charge is -2.29. The Hall–Kier alpha value is -4.28. The summed E-state index contributed by atoms with van der Waals surface area (Å²) < 4.78 is 0. The Morgan fingerprint density at radius 2 is 0.959 bits per heavy atom. The fourth-order valence-corrected chi connectivity index (χ4v) is 4.68. The molecule has 0 aliphatic carbocycles. The van der Waals surface area contributed by atoms with Crippen molar-refractivity contribution in [2.75, 3.05) is 0 Å². The second-order valence-electron chi connectivity index (χ2n) is 13.5. The fourth-order valence-electron chi connectivity index (χ4n) is 4.68. The molecule has 0 fully saturated rings. The Kier molecular flexibility index (Phi) is 19.8. The molecule has 0 aliphatic heterocycles. The van der Waals surface area contributed by atoms with E-state index < -0.39 is 95.4 Å². The van der Waals surface area contributed by atoms with Crippen molar-refractivity contribution in [2.24, 2.45) is 40.9 Å². The van der Waals surface area contributed by atoms with Crippen LogP contribution in [-0.2, 0) is 38.4 Å². The minimum Gasteiger partial charge on any atom is -0.480 e. The number of carbonyl (C=O) groups excluding carboxylic acids is 7. The fraction of sp³-hybridized carbons (Fsp3) is 0.750. The molecule has 0 saturated carbocycles. The van der Waals surface area contributed by atoms with Crippen molar-refractivity contribution >= 4 is 47.3 Å². The van der Waals surface area contributed by atoms with Crippen LogP contribution in [0.4, 0.5) is 0 Å². The smallest absolute Gasteiger partial charge is 0.326 e. The van der Waals surface area contributed by atoms with Gasteiger partial charge in [0.1, 0.15) is 30.2 Å². The van der Waals surface area contributed by atoms with Crippen LogP contribution in [0.1, 0.15) is 93.9 Å². The lowest BCUT2D eigenvalue weighted by molar-refractivity contribution is -0.143. The zero-order valence-electron chi connectivity index (χ0n) is 30.0. The first-order valence-corrected chi connectivity index (χ1v) is 16.7. The van der Waals surface area contributed by atoms with E-state index in [1.807, 2.05) is 6.92 Å². The standard InChI is InChI=1S/C32H58N8O9/c1-9-18(8)24(35)30(46)39-25(16(4)5)31(47)37-20(11-13-23(34)42)27(43)36-19(10-12-22(33)41)28(44)38-21(14-15(2)3)29(45)40-26(17(6)7)32(48)49/h15-21,24-26H,9-14,35H2,1-8H3,(H2,33,41)(H2,34,42)(H,36,43)(H,37,47)(H,38,44)(H,39,46)(H,40,45)(H,48,49)/t18-,19-,20-,21-,24-,25-,26-/m0/s1. The molecule has 0 aliphatic rings. The number of carbonyl (C=O) groups is 8. The summed E-state index contributed by atoms with van der Waals surface area (Å²) in [6, 6.07) is -7.30. The van der Waals surface area contributed by atoms with Crippen molar-refractivity contribution in [2.45, 2.75) is 130 Å². The number of hydrogen-bond acceptors (Lipinski definition) is 9. The maximum Gasteiger partial charge on any atom is 0.326 e. The molecule has 0 rings (SSSR count). The molecule has 0 spiro atoms. The van der Waals surface area contributed by atoms with Gasteiger partial charge in [-0.15, -0.1) is 0 Å². The number of amides is 7. The van der Waals surface area contributed by atoms with Gasteiger partial charge >= 0.3 is 5.97 Å². The van der Waals surface area contributed by atoms with Crippen LogP contribution in [0.2, 0.25) is 0 Å². The van der Waals surface area contributed by atoms with E-state index in [0.717, 1.165) is 0 Å². The summed E-state index contributed by atoms with van der Waals surface area (Å²) in [7, 11) is 0. The number of carboxylic acids is 1. The van der Waals surface area contributed by atoms with Crippen molar-refractivity contribution in [1.29, 1.82) is 0 Å². The van der Waals surface area contributed by atoms with Crippen molar-refractivity contribution in [1.82, 2.24) is 26.6 Å². The van der Waals surface area contributed by atoms with Gasteiger partial charge in [-0.3, -0.25) is 33.6 Å². The van der Waals surface area contributed by atoms with Gasteiger partial charge in [-0.05, 0) is 42.9 Å². The number of hydrogen-bond donors (Lipinski definition) is 9. The first kappa shape index (κ1) is 44.7. The van der Waals surface area contributed by atoms with E-state index in [1.54, 1.807) is 48.5 Å². The molecule has 7 amide bonds. The predicted octanol–water partition coefficient (Wildman–Crippen LogP) is -1.24. The van der Waals surface area contributed by atoms with Crippen molar-refractivity contribution in [3.05, 3.63) is 0 Å². The minimum atomic E-state index is -1.44. The molecule has 7 atom stereocenters. The molecule has 12 N–H and O–H groups in total. The molecule has 0 aromatic rings. The summed E-state index contributed by atoms with van der Waals surface area (Å²) in [5.41, 5.74) is 16.6. The van der Waals surface area contributed by atoms with Crippen LogP contribution < -0.4 is 43.8 Å². The first-order valence-electron chi connectivity index (χ1n) is 16.7. The molecule has 17 heteroatoms. The van der Waals surface area contributed by atoms with Crippen LogP contribution in [0.3, 0.4) is 0 Å². The number of nitrogens with one attached hydrogen (secondary N) is 5. The average molecular weight is 699 g/mol. The van der Waals surface area contributed by atoms with E-state index in [0.29, 0.717) is 6.42 Å². The van der Waals surface area contributed by atoms with Gasteiger partial charge in [-0.25, -0.2) is 4.79 Å². The van der Waals surface area contributed by atoms with Gasteiger partial charge in [0.25, 0.3) is 0 Å². The van der Waals surface area contributed by atoms with Gasteiger partial charge in [-0.1, -0.05) is 61.8 Å². The Morgan fingerprint density at radius 1 is 0.571 bits per heavy atom. The largest absolute Gasteiger partial charge is 0.480 e. The third kappa shape index (κ3) is 16.6. The molecule has 280 valence electrons. The summed E-state index contributed by atoms with van der Waals surface area (Å²) in [6.45, 7) is 13.8. The normalized spacial score (nSPS) is 15.6. The van der Waals surface area contributed by atoms with E-state index in [9.17, 15) is 43.5 Å². The highest BCUT2D eigenvalue weighted by atomic mass is 16.4. The van der Waals surface area contributed by atoms with E-state index in [4.69, 9.17) is 17.2 Å². The molecule has 0 heterocycles. The number of primary amides is 2. The molecule has 17 nitrogen and oxygen atoms in total. The maximum absolute atomic E-state index is 13.6. The van der Waals surface area contributed by atoms with Gasteiger partial charge in [0.2, 0.25) is 41.4 Å². The molecule has 0 radical (unpaired) electrons. The lowest BCUT2D eigenvalue weighted by Crippen LogP contribution is -2.60. The van der Waals surface area contributed by atoms with E-state index in [2.05, 4.69) is 26.6 Å². The van der Waals surface area contributed by atoms with Crippen LogP contribution in [-0.4, -0.2) is 88.7 Å². The van der Waals surface area contributed by atoms with Crippen molar-refractivity contribution in [3.63, 3.8) is 0 Å². The zero-order chi connectivity index (χ0) is 38.2. The first-order chi connectivity index (χ1) is 22.6. The predicted molar refractivity (Wildman–Crippen MR) is 181 cm³/mol. The topological polar surface area (TPSA) is 295 Å². The quantitative estimate of drug-likeness (QED) is 0.0611. The van der Waals surface area contributed by atoms with Crippen molar-refractivity contribution < 1.29 is 43.5 Å². The highest BCUT2D eigenvalue weighted by Gasteiger charge is 2.34. The van der Waals surface area contributed by atoms with Crippen molar-refractivity contribution in [3.8, 4) is 0 Å². The average Bonchev–Trinajstić information content (AvgIpc) is 2.99. The molecular weight excluding hydrogens is 640 g/mol. The van der Waals surface area contributed by atoms with Crippen LogP contribution in [0.15, 0.2) is 0 Å². The number of rotatable bonds is 23. The highest BCUT2D eigenvalue weighted by molar-refractivity contribution is 5.96. The van der Waals surface area contributed by atoms with E-state index in [-0.39, 0.29) is 43.9 Å². The number of nitrogens with two attached hydrogens (primary N) is 3. The Labute approximate surface area is 288 Å². The van der Waals surface area contributed by atoms with Crippen LogP contribution in [0.25, 0.3) is 0 Å². The Morgan fingerprint density at radius 3 is 1.33 bits per heavy atom. The molecule has 0 aromatic heterocycles. The summed E-state index contributed by atoms with van der Waals surface area (Å²) >= 11 is 0. The van der Waals surface area contributed by atoms with E-state index in [1.165, 1.54) is 0 Å². The van der Waals surface area contributed by atoms with Crippen LogP contribution >= 0.6 is 0 Å². The SMILES string of the molecule is CC[C@H](C)[C@H](N)C(=O)N[C@H](C(=O)N[C@@H](CCC(N)=O)C(=O)N[C@@H](CCC(N)=O)C(=O)N[C@@H](CC(C)C)C(=O)N[C@H](C(=O)O)C(C)C)C(C)C. The van der Waals surface area contributed by atoms with Gasteiger partial charge in [-0.2, -0.15) is 0 Å². The number of carboxylic acid groups (broad SMARTS) is 1. The summed E-state index contributed by atoms with van der Waals surface area (Å²) in [4.78, 5) is 101. The summed E-state index contributed by atoms with van der Waals surface area (Å²) in [5, 5.41) is 22.1. The maximum atomic E-state index is 13.6. The highest BCUT2D eigenvalue weighted by Crippen LogP contribution is 2.12. The molecule has 49 heavy (non-hydrogen) atoms. The van der Waals surface area contributed by atoms with Gasteiger partial charge in [0.15, 0.2) is 0 Å². The van der Waals surface area contributed by atoms with Crippen LogP contribution in [0.5, 0.6) is 0 Å². The van der Waals surface area contributed by atoms with Gasteiger partial charge in [0.05, 0.1) is 6.04 Å². The lowest BCUT2D eigenvalue weighted by atomic mass is 9.97. The van der Waals surface area contributed by atoms with Crippen LogP contribution in [0, 0.1) is 23.7 Å². The second-order valence-corrected chi connectivity index (χ2v) is 13.5. The minimum absolute atomic E-state index is 0.110. The van der Waals surface area contributed by atoms with Gasteiger partial charge < -0.3 is 48.9 Å². The Balaban J connectivity index is 6.26. The molecule has 0 aromatic carbocycles. The summed E-state index contributed by atoms with van der Waals surface area (Å²) in [5.74, 6) is -7.89. The zero-order valence-corrected chi connectivity index (χ0v) is 30.0. The molecule has 0 unspecified atom stereocenters. The van der Waals surface area contributed by atoms with Gasteiger partial charge in [0, 0.05) is 12.8 Å². The third-order valence-electron chi connectivity index (χ3n) is 8.00.